The standard InChI is InChI=1S/C16H22BrN3/c1-12(16(2,3)4)10-14-18-19-15(11-17)20(14)13-8-6-5-7-9-13/h5-9,12H,10-11H2,1-4H3. The maximum absolute atomic E-state index is 4.40. The fraction of sp³-hybridized carbons (Fsp3) is 0.500. The van der Waals surface area contributed by atoms with Gasteiger partial charge in [-0.3, -0.25) is 4.57 Å². The second kappa shape index (κ2) is 6.08. The molecule has 0 amide bonds. The lowest BCUT2D eigenvalue weighted by Crippen LogP contribution is -2.21. The zero-order valence-electron chi connectivity index (χ0n) is 12.6. The van der Waals surface area contributed by atoms with E-state index in [0.29, 0.717) is 11.2 Å². The van der Waals surface area contributed by atoms with Crippen molar-refractivity contribution in [3.63, 3.8) is 0 Å². The van der Waals surface area contributed by atoms with Gasteiger partial charge < -0.3 is 0 Å². The van der Waals surface area contributed by atoms with Crippen molar-refractivity contribution < 1.29 is 0 Å². The van der Waals surface area contributed by atoms with E-state index in [-0.39, 0.29) is 5.41 Å². The zero-order valence-corrected chi connectivity index (χ0v) is 14.2. The predicted molar refractivity (Wildman–Crippen MR) is 86.3 cm³/mol. The molecule has 0 bridgehead atoms. The van der Waals surface area contributed by atoms with Gasteiger partial charge in [-0.25, -0.2) is 0 Å². The molecule has 0 saturated carbocycles. The van der Waals surface area contributed by atoms with E-state index < -0.39 is 0 Å². The smallest absolute Gasteiger partial charge is 0.148 e. The normalized spacial score (nSPS) is 13.4. The van der Waals surface area contributed by atoms with E-state index in [0.717, 1.165) is 23.8 Å². The van der Waals surface area contributed by atoms with Crippen molar-refractivity contribution in [1.82, 2.24) is 14.8 Å². The number of aromatic nitrogens is 3. The predicted octanol–water partition coefficient (Wildman–Crippen LogP) is 4.39. The van der Waals surface area contributed by atoms with Crippen molar-refractivity contribution in [1.29, 1.82) is 0 Å². The Bertz CT molecular complexity index is 555. The van der Waals surface area contributed by atoms with Crippen molar-refractivity contribution in [3.05, 3.63) is 42.0 Å². The molecule has 4 heteroatoms. The van der Waals surface area contributed by atoms with Crippen molar-refractivity contribution in [3.8, 4) is 5.69 Å². The molecule has 1 aromatic carbocycles. The molecule has 1 atom stereocenters. The van der Waals surface area contributed by atoms with Crippen LogP contribution in [0.25, 0.3) is 5.69 Å². The molecule has 2 aromatic rings. The van der Waals surface area contributed by atoms with Gasteiger partial charge in [0.15, 0.2) is 0 Å². The fourth-order valence-corrected chi connectivity index (χ4v) is 2.39. The third kappa shape index (κ3) is 3.29. The lowest BCUT2D eigenvalue weighted by Gasteiger charge is -2.27. The number of nitrogens with zero attached hydrogens (tertiary/aromatic N) is 3. The summed E-state index contributed by atoms with van der Waals surface area (Å²) < 4.78 is 2.16. The van der Waals surface area contributed by atoms with Gasteiger partial charge in [0.05, 0.1) is 5.33 Å². The van der Waals surface area contributed by atoms with Crippen LogP contribution >= 0.6 is 15.9 Å². The van der Waals surface area contributed by atoms with E-state index in [2.05, 4.69) is 70.5 Å². The van der Waals surface area contributed by atoms with E-state index >= 15 is 0 Å². The highest BCUT2D eigenvalue weighted by atomic mass is 79.9. The maximum atomic E-state index is 4.40. The van der Waals surface area contributed by atoms with Gasteiger partial charge in [-0.1, -0.05) is 61.8 Å². The molecule has 1 heterocycles. The number of rotatable bonds is 4. The van der Waals surface area contributed by atoms with E-state index in [9.17, 15) is 0 Å². The van der Waals surface area contributed by atoms with Crippen LogP contribution in [0.2, 0.25) is 0 Å². The fourth-order valence-electron chi connectivity index (χ4n) is 2.03. The zero-order chi connectivity index (χ0) is 14.8. The number of para-hydroxylation sites is 1. The highest BCUT2D eigenvalue weighted by molar-refractivity contribution is 9.08. The van der Waals surface area contributed by atoms with Crippen molar-refractivity contribution in [2.45, 2.75) is 39.4 Å². The first-order chi connectivity index (χ1) is 9.43. The summed E-state index contributed by atoms with van der Waals surface area (Å²) in [6.07, 6.45) is 0.929. The van der Waals surface area contributed by atoms with Gasteiger partial charge in [0.1, 0.15) is 11.6 Å². The van der Waals surface area contributed by atoms with E-state index in [4.69, 9.17) is 0 Å². The number of hydrogen-bond donors (Lipinski definition) is 0. The molecule has 0 radical (unpaired) electrons. The molecule has 0 N–H and O–H groups in total. The second-order valence-electron chi connectivity index (χ2n) is 6.31. The molecule has 0 aliphatic rings. The van der Waals surface area contributed by atoms with Crippen LogP contribution in [0.5, 0.6) is 0 Å². The van der Waals surface area contributed by atoms with Crippen LogP contribution in [-0.4, -0.2) is 14.8 Å². The van der Waals surface area contributed by atoms with Crippen LogP contribution in [-0.2, 0) is 11.8 Å². The molecular formula is C16H22BrN3. The minimum atomic E-state index is 0.266. The lowest BCUT2D eigenvalue weighted by molar-refractivity contribution is 0.256. The molecule has 0 spiro atoms. The number of hydrogen-bond acceptors (Lipinski definition) is 2. The van der Waals surface area contributed by atoms with E-state index in [1.54, 1.807) is 0 Å². The Morgan fingerprint density at radius 3 is 2.25 bits per heavy atom. The third-order valence-electron chi connectivity index (χ3n) is 3.90. The van der Waals surface area contributed by atoms with Crippen LogP contribution < -0.4 is 0 Å². The molecule has 20 heavy (non-hydrogen) atoms. The Kier molecular flexibility index (Phi) is 4.63. The first kappa shape index (κ1) is 15.2. The van der Waals surface area contributed by atoms with Crippen molar-refractivity contribution in [2.24, 2.45) is 11.3 Å². The quantitative estimate of drug-likeness (QED) is 0.776. The van der Waals surface area contributed by atoms with E-state index in [1.165, 1.54) is 0 Å². The SMILES string of the molecule is CC(Cc1nnc(CBr)n1-c1ccccc1)C(C)(C)C. The molecule has 0 saturated heterocycles. The average Bonchev–Trinajstić information content (AvgIpc) is 2.81. The second-order valence-corrected chi connectivity index (χ2v) is 6.87. The molecule has 2 rings (SSSR count). The number of alkyl halides is 1. The van der Waals surface area contributed by atoms with Gasteiger partial charge >= 0.3 is 0 Å². The average molecular weight is 336 g/mol. The van der Waals surface area contributed by atoms with Gasteiger partial charge in [0.2, 0.25) is 0 Å². The van der Waals surface area contributed by atoms with Gasteiger partial charge in [-0.05, 0) is 23.5 Å². The van der Waals surface area contributed by atoms with Crippen LogP contribution in [0.1, 0.15) is 39.3 Å². The van der Waals surface area contributed by atoms with E-state index in [1.807, 2.05) is 18.2 Å². The highest BCUT2D eigenvalue weighted by Gasteiger charge is 2.23. The summed E-state index contributed by atoms with van der Waals surface area (Å²) in [6, 6.07) is 10.3. The first-order valence-electron chi connectivity index (χ1n) is 6.98. The Hall–Kier alpha value is -1.16. The Labute approximate surface area is 129 Å². The van der Waals surface area contributed by atoms with Gasteiger partial charge in [0.25, 0.3) is 0 Å². The number of halogens is 1. The van der Waals surface area contributed by atoms with Crippen LogP contribution in [0.15, 0.2) is 30.3 Å². The Morgan fingerprint density at radius 2 is 1.70 bits per heavy atom. The van der Waals surface area contributed by atoms with Gasteiger partial charge in [-0.15, -0.1) is 10.2 Å². The lowest BCUT2D eigenvalue weighted by atomic mass is 9.80. The third-order valence-corrected chi connectivity index (χ3v) is 4.40. The minimum absolute atomic E-state index is 0.266. The summed E-state index contributed by atoms with van der Waals surface area (Å²) >= 11 is 3.50. The monoisotopic (exact) mass is 335 g/mol. The van der Waals surface area contributed by atoms with Crippen LogP contribution in [0.4, 0.5) is 0 Å². The molecule has 1 unspecified atom stereocenters. The molecule has 108 valence electrons. The maximum Gasteiger partial charge on any atom is 0.148 e. The molecular weight excluding hydrogens is 314 g/mol. The van der Waals surface area contributed by atoms with Crippen molar-refractivity contribution >= 4 is 15.9 Å². The summed E-state index contributed by atoms with van der Waals surface area (Å²) in [6.45, 7) is 9.09. The Balaban J connectivity index is 2.38. The molecule has 0 aliphatic carbocycles. The largest absolute Gasteiger partial charge is 0.282 e. The van der Waals surface area contributed by atoms with Crippen LogP contribution in [0, 0.1) is 11.3 Å². The van der Waals surface area contributed by atoms with Crippen molar-refractivity contribution in [2.75, 3.05) is 0 Å². The topological polar surface area (TPSA) is 30.7 Å². The van der Waals surface area contributed by atoms with Gasteiger partial charge in [-0.2, -0.15) is 0 Å². The van der Waals surface area contributed by atoms with Crippen LogP contribution in [0.3, 0.4) is 0 Å². The molecule has 0 fully saturated rings. The Morgan fingerprint density at radius 1 is 1.10 bits per heavy atom. The summed E-state index contributed by atoms with van der Waals surface area (Å²) in [5, 5.41) is 9.42. The minimum Gasteiger partial charge on any atom is -0.282 e. The summed E-state index contributed by atoms with van der Waals surface area (Å²) in [5.74, 6) is 2.53. The number of benzene rings is 1. The summed E-state index contributed by atoms with van der Waals surface area (Å²) in [4.78, 5) is 0. The summed E-state index contributed by atoms with van der Waals surface area (Å²) in [7, 11) is 0. The molecule has 1 aromatic heterocycles. The first-order valence-corrected chi connectivity index (χ1v) is 8.10. The highest BCUT2D eigenvalue weighted by Crippen LogP contribution is 2.29. The molecule has 3 nitrogen and oxygen atoms in total. The summed E-state index contributed by atoms with van der Waals surface area (Å²) in [5.41, 5.74) is 1.39. The van der Waals surface area contributed by atoms with Gasteiger partial charge in [0, 0.05) is 12.1 Å². The molecule has 0 aliphatic heterocycles.